The van der Waals surface area contributed by atoms with Crippen LogP contribution in [-0.2, 0) is 0 Å². The number of rotatable bonds is 4. The highest BCUT2D eigenvalue weighted by molar-refractivity contribution is 9.10. The maximum atomic E-state index is 14.0. The summed E-state index contributed by atoms with van der Waals surface area (Å²) in [5, 5.41) is 10.4. The lowest BCUT2D eigenvalue weighted by Gasteiger charge is -2.24. The fourth-order valence-corrected chi connectivity index (χ4v) is 3.22. The van der Waals surface area contributed by atoms with Crippen LogP contribution in [0.4, 0.5) is 8.78 Å². The topological polar surface area (TPSA) is 46.2 Å². The summed E-state index contributed by atoms with van der Waals surface area (Å²) in [7, 11) is 0. The first-order chi connectivity index (χ1) is 9.95. The second kappa shape index (κ2) is 6.96. The van der Waals surface area contributed by atoms with Crippen molar-refractivity contribution in [3.63, 3.8) is 0 Å². The van der Waals surface area contributed by atoms with Gasteiger partial charge in [-0.2, -0.15) is 0 Å². The van der Waals surface area contributed by atoms with E-state index in [2.05, 4.69) is 31.9 Å². The molecule has 0 aliphatic carbocycles. The number of hydrogen-bond donors (Lipinski definition) is 2. The predicted octanol–water partition coefficient (Wildman–Crippen LogP) is 4.27. The van der Waals surface area contributed by atoms with Crippen LogP contribution < -0.4 is 5.73 Å². The maximum absolute atomic E-state index is 14.0. The molecule has 112 valence electrons. The molecule has 0 spiro atoms. The van der Waals surface area contributed by atoms with Crippen LogP contribution in [-0.4, -0.2) is 11.7 Å². The molecule has 2 unspecified atom stereocenters. The Balaban J connectivity index is 2.47. The lowest BCUT2D eigenvalue weighted by atomic mass is 9.88. The molecule has 6 heteroatoms. The van der Waals surface area contributed by atoms with E-state index in [0.717, 1.165) is 16.6 Å². The summed E-state index contributed by atoms with van der Waals surface area (Å²) in [6.07, 6.45) is -1.37. The van der Waals surface area contributed by atoms with Crippen molar-refractivity contribution in [3.05, 3.63) is 68.1 Å². The highest BCUT2D eigenvalue weighted by atomic mass is 79.9. The van der Waals surface area contributed by atoms with Crippen LogP contribution in [0.5, 0.6) is 0 Å². The second-order valence-corrected chi connectivity index (χ2v) is 6.36. The first-order valence-corrected chi connectivity index (χ1v) is 7.81. The van der Waals surface area contributed by atoms with Gasteiger partial charge in [-0.1, -0.05) is 50.1 Å². The molecule has 0 saturated heterocycles. The zero-order chi connectivity index (χ0) is 15.6. The van der Waals surface area contributed by atoms with E-state index in [4.69, 9.17) is 5.73 Å². The third-order valence-electron chi connectivity index (χ3n) is 3.28. The van der Waals surface area contributed by atoms with Crippen molar-refractivity contribution in [1.82, 2.24) is 0 Å². The van der Waals surface area contributed by atoms with E-state index in [0.29, 0.717) is 5.56 Å². The van der Waals surface area contributed by atoms with Gasteiger partial charge in [-0.05, 0) is 23.8 Å². The lowest BCUT2D eigenvalue weighted by Crippen LogP contribution is -2.22. The minimum atomic E-state index is -1.37. The summed E-state index contributed by atoms with van der Waals surface area (Å²) < 4.78 is 29.0. The molecule has 2 rings (SSSR count). The van der Waals surface area contributed by atoms with Crippen molar-refractivity contribution in [2.45, 2.75) is 12.0 Å². The third kappa shape index (κ3) is 3.51. The van der Waals surface area contributed by atoms with E-state index in [-0.39, 0.29) is 16.6 Å². The minimum Gasteiger partial charge on any atom is -0.388 e. The Morgan fingerprint density at radius 1 is 1.10 bits per heavy atom. The lowest BCUT2D eigenvalue weighted by molar-refractivity contribution is 0.138. The predicted molar refractivity (Wildman–Crippen MR) is 85.0 cm³/mol. The number of halogens is 4. The maximum Gasteiger partial charge on any atom is 0.133 e. The van der Waals surface area contributed by atoms with E-state index >= 15 is 0 Å². The van der Waals surface area contributed by atoms with Crippen molar-refractivity contribution in [2.24, 2.45) is 5.73 Å². The molecule has 2 aromatic rings. The Morgan fingerprint density at radius 2 is 1.67 bits per heavy atom. The normalized spacial score (nSPS) is 14.0. The largest absolute Gasteiger partial charge is 0.388 e. The van der Waals surface area contributed by atoms with Gasteiger partial charge in [-0.3, -0.25) is 0 Å². The molecule has 2 nitrogen and oxygen atoms in total. The average molecular weight is 421 g/mol. The van der Waals surface area contributed by atoms with E-state index in [1.165, 1.54) is 0 Å². The summed E-state index contributed by atoms with van der Waals surface area (Å²) in [4.78, 5) is 0. The summed E-state index contributed by atoms with van der Waals surface area (Å²) in [6, 6.07) is 9.39. The third-order valence-corrected chi connectivity index (χ3v) is 4.46. The summed E-state index contributed by atoms with van der Waals surface area (Å²) in [6.45, 7) is 0.0543. The Hall–Kier alpha value is -0.820. The molecule has 3 N–H and O–H groups in total. The van der Waals surface area contributed by atoms with Crippen molar-refractivity contribution in [1.29, 1.82) is 0 Å². The smallest absolute Gasteiger partial charge is 0.133 e. The zero-order valence-electron chi connectivity index (χ0n) is 10.9. The van der Waals surface area contributed by atoms with Gasteiger partial charge in [0.25, 0.3) is 0 Å². The van der Waals surface area contributed by atoms with Crippen molar-refractivity contribution >= 4 is 31.9 Å². The average Bonchev–Trinajstić information content (AvgIpc) is 2.40. The molecule has 0 bridgehead atoms. The number of aliphatic hydroxyl groups is 1. The number of hydrogen-bond acceptors (Lipinski definition) is 2. The summed E-state index contributed by atoms with van der Waals surface area (Å²) >= 11 is 6.38. The van der Waals surface area contributed by atoms with Crippen LogP contribution in [0.2, 0.25) is 0 Å². The summed E-state index contributed by atoms with van der Waals surface area (Å²) in [5.41, 5.74) is 6.04. The molecule has 0 aliphatic rings. The van der Waals surface area contributed by atoms with Crippen LogP contribution in [0, 0.1) is 11.6 Å². The molecule has 21 heavy (non-hydrogen) atoms. The van der Waals surface area contributed by atoms with Gasteiger partial charge in [0.1, 0.15) is 11.6 Å². The van der Waals surface area contributed by atoms with Crippen molar-refractivity contribution < 1.29 is 13.9 Å². The van der Waals surface area contributed by atoms with Crippen LogP contribution in [0.3, 0.4) is 0 Å². The van der Waals surface area contributed by atoms with Crippen LogP contribution in [0.25, 0.3) is 0 Å². The SMILES string of the molecule is NCC(c1ccccc1Br)C(O)c1c(F)cc(Br)cc1F. The van der Waals surface area contributed by atoms with Gasteiger partial charge in [0.15, 0.2) is 0 Å². The Morgan fingerprint density at radius 3 is 2.19 bits per heavy atom. The Kier molecular flexibility index (Phi) is 5.48. The first-order valence-electron chi connectivity index (χ1n) is 6.22. The first kappa shape index (κ1) is 16.5. The van der Waals surface area contributed by atoms with Gasteiger partial charge in [0, 0.05) is 21.4 Å². The Bertz CT molecular complexity index is 628. The highest BCUT2D eigenvalue weighted by Crippen LogP contribution is 2.37. The standard InChI is InChI=1S/C15H13Br2F2NO/c16-8-5-12(18)14(13(19)6-8)15(21)10(7-20)9-3-1-2-4-11(9)17/h1-6,10,15,21H,7,20H2. The van der Waals surface area contributed by atoms with Crippen molar-refractivity contribution in [3.8, 4) is 0 Å². The van der Waals surface area contributed by atoms with Gasteiger partial charge < -0.3 is 10.8 Å². The monoisotopic (exact) mass is 419 g/mol. The molecule has 2 atom stereocenters. The number of benzene rings is 2. The van der Waals surface area contributed by atoms with E-state index in [9.17, 15) is 13.9 Å². The fraction of sp³-hybridized carbons (Fsp3) is 0.200. The van der Waals surface area contributed by atoms with Crippen molar-refractivity contribution in [2.75, 3.05) is 6.54 Å². The van der Waals surface area contributed by atoms with Crippen LogP contribution in [0.1, 0.15) is 23.1 Å². The van der Waals surface area contributed by atoms with Gasteiger partial charge >= 0.3 is 0 Å². The molecule has 0 aliphatic heterocycles. The second-order valence-electron chi connectivity index (χ2n) is 4.59. The van der Waals surface area contributed by atoms with Gasteiger partial charge in [0.05, 0.1) is 11.7 Å². The van der Waals surface area contributed by atoms with Gasteiger partial charge in [-0.25, -0.2) is 8.78 Å². The number of nitrogens with two attached hydrogens (primary N) is 1. The highest BCUT2D eigenvalue weighted by Gasteiger charge is 2.28. The molecule has 0 aromatic heterocycles. The molecule has 0 radical (unpaired) electrons. The van der Waals surface area contributed by atoms with Crippen LogP contribution >= 0.6 is 31.9 Å². The molecule has 0 saturated carbocycles. The minimum absolute atomic E-state index is 0.0543. The molecular formula is C15H13Br2F2NO. The van der Waals surface area contributed by atoms with Gasteiger partial charge in [0.2, 0.25) is 0 Å². The quantitative estimate of drug-likeness (QED) is 0.775. The molecular weight excluding hydrogens is 408 g/mol. The molecule has 0 heterocycles. The van der Waals surface area contributed by atoms with Gasteiger partial charge in [-0.15, -0.1) is 0 Å². The van der Waals surface area contributed by atoms with E-state index < -0.39 is 23.7 Å². The fourth-order valence-electron chi connectivity index (χ4n) is 2.24. The molecule has 0 amide bonds. The van der Waals surface area contributed by atoms with E-state index in [1.807, 2.05) is 6.07 Å². The van der Waals surface area contributed by atoms with Crippen LogP contribution in [0.15, 0.2) is 45.3 Å². The molecule has 2 aromatic carbocycles. The zero-order valence-corrected chi connectivity index (χ0v) is 14.0. The summed E-state index contributed by atoms with van der Waals surface area (Å²) in [5.74, 6) is -2.23. The Labute approximate surface area is 138 Å². The molecule has 0 fully saturated rings. The number of aliphatic hydroxyl groups excluding tert-OH is 1. The van der Waals surface area contributed by atoms with E-state index in [1.54, 1.807) is 18.2 Å².